The van der Waals surface area contributed by atoms with Crippen molar-refractivity contribution in [3.8, 4) is 0 Å². The number of hydrogen-bond donors (Lipinski definition) is 1. The van der Waals surface area contributed by atoms with Crippen molar-refractivity contribution in [1.29, 1.82) is 0 Å². The van der Waals surface area contributed by atoms with E-state index in [0.29, 0.717) is 68.6 Å². The number of halogens is 1. The first-order chi connectivity index (χ1) is 15.7. The molecule has 0 bridgehead atoms. The lowest BCUT2D eigenvalue weighted by Gasteiger charge is -2.40. The lowest BCUT2D eigenvalue weighted by molar-refractivity contribution is -0.136. The maximum atomic E-state index is 12.9. The SMILES string of the molecule is CC(C)CN(CCC(=O)N1CCN(C(=O)c2ccc(Cl)cc2)C(C)C1)C(=O)CCCCCN. The molecule has 33 heavy (non-hydrogen) atoms. The van der Waals surface area contributed by atoms with Crippen LogP contribution in [-0.4, -0.2) is 77.7 Å². The van der Waals surface area contributed by atoms with Crippen LogP contribution in [0.3, 0.4) is 0 Å². The molecule has 7 nitrogen and oxygen atoms in total. The van der Waals surface area contributed by atoms with Crippen LogP contribution < -0.4 is 5.73 Å². The van der Waals surface area contributed by atoms with Gasteiger partial charge in [0.15, 0.2) is 0 Å². The molecule has 1 aromatic carbocycles. The number of nitrogens with zero attached hydrogens (tertiary/aromatic N) is 3. The molecule has 1 saturated heterocycles. The average Bonchev–Trinajstić information content (AvgIpc) is 2.78. The zero-order valence-electron chi connectivity index (χ0n) is 20.3. The summed E-state index contributed by atoms with van der Waals surface area (Å²) in [5, 5.41) is 0.593. The van der Waals surface area contributed by atoms with Gasteiger partial charge in [-0.15, -0.1) is 0 Å². The molecule has 1 aliphatic heterocycles. The number of rotatable bonds is 11. The molecule has 1 fully saturated rings. The van der Waals surface area contributed by atoms with Gasteiger partial charge in [0.25, 0.3) is 5.91 Å². The third-order valence-electron chi connectivity index (χ3n) is 5.96. The molecular formula is C25H39ClN4O3. The third-order valence-corrected chi connectivity index (χ3v) is 6.21. The molecule has 0 spiro atoms. The van der Waals surface area contributed by atoms with E-state index in [1.807, 2.05) is 21.6 Å². The number of amides is 3. The molecule has 3 amide bonds. The van der Waals surface area contributed by atoms with Gasteiger partial charge in [-0.3, -0.25) is 14.4 Å². The fraction of sp³-hybridized carbons (Fsp3) is 0.640. The lowest BCUT2D eigenvalue weighted by atomic mass is 10.1. The van der Waals surface area contributed by atoms with Crippen LogP contribution in [0.2, 0.25) is 5.02 Å². The van der Waals surface area contributed by atoms with Gasteiger partial charge in [0.1, 0.15) is 0 Å². The van der Waals surface area contributed by atoms with Crippen LogP contribution in [0.15, 0.2) is 24.3 Å². The zero-order valence-corrected chi connectivity index (χ0v) is 21.0. The second kappa shape index (κ2) is 13.6. The predicted molar refractivity (Wildman–Crippen MR) is 132 cm³/mol. The first-order valence-electron chi connectivity index (χ1n) is 12.0. The molecule has 0 radical (unpaired) electrons. The van der Waals surface area contributed by atoms with Crippen molar-refractivity contribution in [1.82, 2.24) is 14.7 Å². The van der Waals surface area contributed by atoms with Gasteiger partial charge in [-0.2, -0.15) is 0 Å². The number of carbonyl (C=O) groups is 3. The maximum absolute atomic E-state index is 12.9. The molecule has 1 atom stereocenters. The summed E-state index contributed by atoms with van der Waals surface area (Å²) < 4.78 is 0. The standard InChI is InChI=1S/C25H39ClN4O3/c1-19(2)17-28(23(31)7-5-4-6-13-27)14-12-24(32)29-15-16-30(20(3)18-29)25(33)21-8-10-22(26)11-9-21/h8-11,19-20H,4-7,12-18,27H2,1-3H3. The fourth-order valence-electron chi connectivity index (χ4n) is 4.15. The van der Waals surface area contributed by atoms with Crippen LogP contribution in [-0.2, 0) is 9.59 Å². The Morgan fingerprint density at radius 3 is 2.39 bits per heavy atom. The molecular weight excluding hydrogens is 440 g/mol. The third kappa shape index (κ3) is 8.63. The number of hydrogen-bond acceptors (Lipinski definition) is 4. The molecule has 2 N–H and O–H groups in total. The zero-order chi connectivity index (χ0) is 24.4. The van der Waals surface area contributed by atoms with Gasteiger partial charge < -0.3 is 20.4 Å². The van der Waals surface area contributed by atoms with E-state index in [-0.39, 0.29) is 23.8 Å². The number of nitrogens with two attached hydrogens (primary N) is 1. The van der Waals surface area contributed by atoms with E-state index in [4.69, 9.17) is 17.3 Å². The Bertz CT molecular complexity index is 784. The fourth-order valence-corrected chi connectivity index (χ4v) is 4.27. The number of carbonyl (C=O) groups excluding carboxylic acids is 3. The second-order valence-electron chi connectivity index (χ2n) is 9.28. The van der Waals surface area contributed by atoms with Gasteiger partial charge in [0.2, 0.25) is 11.8 Å². The highest BCUT2D eigenvalue weighted by molar-refractivity contribution is 6.30. The van der Waals surface area contributed by atoms with Crippen molar-refractivity contribution in [2.75, 3.05) is 39.3 Å². The smallest absolute Gasteiger partial charge is 0.254 e. The summed E-state index contributed by atoms with van der Waals surface area (Å²) in [5.74, 6) is 0.440. The minimum absolute atomic E-state index is 0.0325. The lowest BCUT2D eigenvalue weighted by Crippen LogP contribution is -2.55. The van der Waals surface area contributed by atoms with Gasteiger partial charge in [-0.1, -0.05) is 31.9 Å². The van der Waals surface area contributed by atoms with Crippen molar-refractivity contribution in [2.24, 2.45) is 11.7 Å². The molecule has 2 rings (SSSR count). The molecule has 8 heteroatoms. The Morgan fingerprint density at radius 1 is 1.09 bits per heavy atom. The van der Waals surface area contributed by atoms with Crippen LogP contribution in [0, 0.1) is 5.92 Å². The quantitative estimate of drug-likeness (QED) is 0.494. The van der Waals surface area contributed by atoms with E-state index >= 15 is 0 Å². The first kappa shape index (κ1) is 27.1. The highest BCUT2D eigenvalue weighted by Gasteiger charge is 2.30. The Kier molecular flexibility index (Phi) is 11.1. The van der Waals surface area contributed by atoms with E-state index in [9.17, 15) is 14.4 Å². The summed E-state index contributed by atoms with van der Waals surface area (Å²) in [7, 11) is 0. The van der Waals surface area contributed by atoms with Crippen LogP contribution in [0.25, 0.3) is 0 Å². The number of unbranched alkanes of at least 4 members (excludes halogenated alkanes) is 2. The molecule has 0 aromatic heterocycles. The number of piperazine rings is 1. The van der Waals surface area contributed by atoms with E-state index in [1.54, 1.807) is 24.3 Å². The summed E-state index contributed by atoms with van der Waals surface area (Å²) >= 11 is 5.92. The Labute approximate surface area is 203 Å². The van der Waals surface area contributed by atoms with Crippen molar-refractivity contribution in [2.45, 2.75) is 58.9 Å². The molecule has 1 aromatic rings. The van der Waals surface area contributed by atoms with Crippen LogP contribution >= 0.6 is 11.6 Å². The normalized spacial score (nSPS) is 16.2. The molecule has 0 aliphatic carbocycles. The van der Waals surface area contributed by atoms with Gasteiger partial charge in [0.05, 0.1) is 0 Å². The Morgan fingerprint density at radius 2 is 1.79 bits per heavy atom. The first-order valence-corrected chi connectivity index (χ1v) is 12.4. The second-order valence-corrected chi connectivity index (χ2v) is 9.71. The molecule has 184 valence electrons. The summed E-state index contributed by atoms with van der Waals surface area (Å²) in [6.07, 6.45) is 3.52. The van der Waals surface area contributed by atoms with Crippen molar-refractivity contribution >= 4 is 29.3 Å². The van der Waals surface area contributed by atoms with E-state index < -0.39 is 0 Å². The minimum atomic E-state index is -0.0816. The van der Waals surface area contributed by atoms with Gasteiger partial charge in [-0.25, -0.2) is 0 Å². The predicted octanol–water partition coefficient (Wildman–Crippen LogP) is 3.41. The Balaban J connectivity index is 1.86. The van der Waals surface area contributed by atoms with Gasteiger partial charge in [0, 0.05) is 62.2 Å². The highest BCUT2D eigenvalue weighted by Crippen LogP contribution is 2.17. The summed E-state index contributed by atoms with van der Waals surface area (Å²) in [6.45, 7) is 9.34. The topological polar surface area (TPSA) is 87.0 Å². The van der Waals surface area contributed by atoms with Crippen LogP contribution in [0.4, 0.5) is 0 Å². The Hall–Kier alpha value is -2.12. The number of benzene rings is 1. The maximum Gasteiger partial charge on any atom is 0.254 e. The van der Waals surface area contributed by atoms with Gasteiger partial charge in [-0.05, 0) is 56.5 Å². The average molecular weight is 479 g/mol. The monoisotopic (exact) mass is 478 g/mol. The van der Waals surface area contributed by atoms with Crippen molar-refractivity contribution in [3.05, 3.63) is 34.9 Å². The summed E-state index contributed by atoms with van der Waals surface area (Å²) in [6, 6.07) is 6.79. The molecule has 1 aliphatic rings. The van der Waals surface area contributed by atoms with Crippen molar-refractivity contribution < 1.29 is 14.4 Å². The van der Waals surface area contributed by atoms with Crippen LogP contribution in [0.1, 0.15) is 63.2 Å². The van der Waals surface area contributed by atoms with E-state index in [1.165, 1.54) is 0 Å². The summed E-state index contributed by atoms with van der Waals surface area (Å²) in [4.78, 5) is 43.9. The molecule has 0 saturated carbocycles. The molecule has 1 unspecified atom stereocenters. The molecule has 1 heterocycles. The van der Waals surface area contributed by atoms with Gasteiger partial charge >= 0.3 is 0 Å². The van der Waals surface area contributed by atoms with E-state index in [0.717, 1.165) is 19.3 Å². The van der Waals surface area contributed by atoms with Crippen LogP contribution in [0.5, 0.6) is 0 Å². The summed E-state index contributed by atoms with van der Waals surface area (Å²) in [5.41, 5.74) is 6.13. The minimum Gasteiger partial charge on any atom is -0.342 e. The van der Waals surface area contributed by atoms with Crippen molar-refractivity contribution in [3.63, 3.8) is 0 Å². The highest BCUT2D eigenvalue weighted by atomic mass is 35.5. The largest absolute Gasteiger partial charge is 0.342 e. The van der Waals surface area contributed by atoms with E-state index in [2.05, 4.69) is 13.8 Å².